The maximum absolute atomic E-state index is 13.5. The van der Waals surface area contributed by atoms with E-state index in [0.29, 0.717) is 10.2 Å². The highest BCUT2D eigenvalue weighted by Gasteiger charge is 2.15. The normalized spacial score (nSPS) is 10.4. The van der Waals surface area contributed by atoms with Gasteiger partial charge in [-0.05, 0) is 52.3 Å². The molecule has 5 heteroatoms. The highest BCUT2D eigenvalue weighted by Crippen LogP contribution is 2.22. The van der Waals surface area contributed by atoms with E-state index in [1.54, 1.807) is 6.07 Å². The monoisotopic (exact) mass is 311 g/mol. The first-order valence-corrected chi connectivity index (χ1v) is 5.83. The Morgan fingerprint density at radius 3 is 2.50 bits per heavy atom. The van der Waals surface area contributed by atoms with Crippen molar-refractivity contribution in [3.8, 4) is 0 Å². The Morgan fingerprint density at radius 2 is 1.83 bits per heavy atom. The van der Waals surface area contributed by atoms with Gasteiger partial charge in [0.25, 0.3) is 0 Å². The Balaban J connectivity index is 2.47. The van der Waals surface area contributed by atoms with E-state index in [1.165, 1.54) is 12.1 Å². The first kappa shape index (κ1) is 12.7. The van der Waals surface area contributed by atoms with Crippen LogP contribution in [0.3, 0.4) is 0 Å². The summed E-state index contributed by atoms with van der Waals surface area (Å²) in [5.74, 6) is -2.03. The molecule has 0 unspecified atom stereocenters. The van der Waals surface area contributed by atoms with Crippen LogP contribution in [0.5, 0.6) is 0 Å². The molecule has 0 saturated carbocycles. The van der Waals surface area contributed by atoms with Crippen LogP contribution in [0, 0.1) is 11.6 Å². The number of anilines is 1. The summed E-state index contributed by atoms with van der Waals surface area (Å²) in [5.41, 5.74) is 5.90. The van der Waals surface area contributed by atoms with Gasteiger partial charge < -0.3 is 5.73 Å². The van der Waals surface area contributed by atoms with Crippen molar-refractivity contribution in [1.29, 1.82) is 0 Å². The van der Waals surface area contributed by atoms with Crippen LogP contribution >= 0.6 is 15.9 Å². The van der Waals surface area contributed by atoms with Crippen molar-refractivity contribution in [3.63, 3.8) is 0 Å². The second kappa shape index (κ2) is 4.86. The van der Waals surface area contributed by atoms with Gasteiger partial charge in [-0.15, -0.1) is 0 Å². The maximum Gasteiger partial charge on any atom is 0.196 e. The molecule has 0 amide bonds. The van der Waals surface area contributed by atoms with Crippen molar-refractivity contribution in [2.75, 3.05) is 5.73 Å². The molecule has 0 spiro atoms. The van der Waals surface area contributed by atoms with Gasteiger partial charge in [0.1, 0.15) is 11.6 Å². The molecular formula is C13H8BrF2NO. The number of benzene rings is 2. The SMILES string of the molecule is Nc1cc(C(=O)c2cc(F)ccc2F)ccc1Br. The molecule has 0 fully saturated rings. The molecular weight excluding hydrogens is 304 g/mol. The molecule has 0 aliphatic heterocycles. The van der Waals surface area contributed by atoms with Gasteiger partial charge in [-0.3, -0.25) is 4.79 Å². The van der Waals surface area contributed by atoms with E-state index in [2.05, 4.69) is 15.9 Å². The molecule has 2 aromatic rings. The van der Waals surface area contributed by atoms with Crippen molar-refractivity contribution in [2.45, 2.75) is 0 Å². The highest BCUT2D eigenvalue weighted by molar-refractivity contribution is 9.10. The minimum atomic E-state index is -0.761. The fourth-order valence-corrected chi connectivity index (χ4v) is 1.76. The van der Waals surface area contributed by atoms with E-state index in [0.717, 1.165) is 18.2 Å². The lowest BCUT2D eigenvalue weighted by Gasteiger charge is -2.05. The standard InChI is InChI=1S/C13H8BrF2NO/c14-10-3-1-7(5-12(10)17)13(18)9-6-8(15)2-4-11(9)16/h1-6H,17H2. The molecule has 2 rings (SSSR count). The molecule has 18 heavy (non-hydrogen) atoms. The zero-order valence-electron chi connectivity index (χ0n) is 9.08. The summed E-state index contributed by atoms with van der Waals surface area (Å²) in [4.78, 5) is 12.0. The van der Waals surface area contributed by atoms with Gasteiger partial charge in [-0.1, -0.05) is 0 Å². The molecule has 0 radical (unpaired) electrons. The molecule has 0 heterocycles. The van der Waals surface area contributed by atoms with E-state index in [1.807, 2.05) is 0 Å². The minimum Gasteiger partial charge on any atom is -0.398 e. The average molecular weight is 312 g/mol. The first-order valence-electron chi connectivity index (χ1n) is 5.04. The number of carbonyl (C=O) groups is 1. The minimum absolute atomic E-state index is 0.209. The number of hydrogen-bond donors (Lipinski definition) is 1. The molecule has 0 aliphatic rings. The third kappa shape index (κ3) is 2.41. The smallest absolute Gasteiger partial charge is 0.196 e. The van der Waals surface area contributed by atoms with Crippen LogP contribution in [0.4, 0.5) is 14.5 Å². The van der Waals surface area contributed by atoms with Crippen LogP contribution in [-0.4, -0.2) is 5.78 Å². The largest absolute Gasteiger partial charge is 0.398 e. The van der Waals surface area contributed by atoms with E-state index in [-0.39, 0.29) is 11.1 Å². The van der Waals surface area contributed by atoms with Gasteiger partial charge in [0.15, 0.2) is 5.78 Å². The quantitative estimate of drug-likeness (QED) is 0.681. The zero-order chi connectivity index (χ0) is 13.3. The lowest BCUT2D eigenvalue weighted by molar-refractivity contribution is 0.103. The van der Waals surface area contributed by atoms with E-state index in [9.17, 15) is 13.6 Å². The number of carbonyl (C=O) groups excluding carboxylic acids is 1. The van der Waals surface area contributed by atoms with Crippen molar-refractivity contribution in [2.24, 2.45) is 0 Å². The summed E-state index contributed by atoms with van der Waals surface area (Å²) in [6.07, 6.45) is 0. The van der Waals surface area contributed by atoms with E-state index < -0.39 is 17.4 Å². The van der Waals surface area contributed by atoms with Crippen molar-refractivity contribution in [3.05, 3.63) is 63.6 Å². The molecule has 0 aromatic heterocycles. The van der Waals surface area contributed by atoms with E-state index >= 15 is 0 Å². The lowest BCUT2D eigenvalue weighted by atomic mass is 10.0. The summed E-state index contributed by atoms with van der Waals surface area (Å²) in [6, 6.07) is 7.24. The number of rotatable bonds is 2. The topological polar surface area (TPSA) is 43.1 Å². The van der Waals surface area contributed by atoms with Gasteiger partial charge in [0.05, 0.1) is 5.56 Å². The van der Waals surface area contributed by atoms with Crippen LogP contribution in [0.2, 0.25) is 0 Å². The van der Waals surface area contributed by atoms with Gasteiger partial charge >= 0.3 is 0 Å². The molecule has 0 saturated heterocycles. The van der Waals surface area contributed by atoms with Gasteiger partial charge in [0.2, 0.25) is 0 Å². The predicted octanol–water partition coefficient (Wildman–Crippen LogP) is 3.54. The van der Waals surface area contributed by atoms with Crippen molar-refractivity contribution in [1.82, 2.24) is 0 Å². The van der Waals surface area contributed by atoms with Crippen LogP contribution < -0.4 is 5.73 Å². The summed E-state index contributed by atoms with van der Waals surface area (Å²) >= 11 is 3.19. The third-order valence-electron chi connectivity index (χ3n) is 2.43. The Morgan fingerprint density at radius 1 is 1.11 bits per heavy atom. The molecule has 2 nitrogen and oxygen atoms in total. The first-order chi connectivity index (χ1) is 8.49. The number of nitrogen functional groups attached to an aromatic ring is 1. The van der Waals surface area contributed by atoms with Crippen molar-refractivity contribution < 1.29 is 13.6 Å². The number of ketones is 1. The third-order valence-corrected chi connectivity index (χ3v) is 3.15. The van der Waals surface area contributed by atoms with Gasteiger partial charge in [-0.2, -0.15) is 0 Å². The van der Waals surface area contributed by atoms with Crippen LogP contribution in [0.25, 0.3) is 0 Å². The summed E-state index contributed by atoms with van der Waals surface area (Å²) < 4.78 is 27.1. The highest BCUT2D eigenvalue weighted by atomic mass is 79.9. The second-order valence-electron chi connectivity index (χ2n) is 3.69. The van der Waals surface area contributed by atoms with E-state index in [4.69, 9.17) is 5.73 Å². The van der Waals surface area contributed by atoms with Crippen LogP contribution in [0.15, 0.2) is 40.9 Å². The fourth-order valence-electron chi connectivity index (χ4n) is 1.51. The fraction of sp³-hybridized carbons (Fsp3) is 0. The molecule has 0 bridgehead atoms. The molecule has 2 aromatic carbocycles. The Hall–Kier alpha value is -1.75. The number of halogens is 3. The zero-order valence-corrected chi connectivity index (χ0v) is 10.7. The summed E-state index contributed by atoms with van der Waals surface area (Å²) in [7, 11) is 0. The molecule has 2 N–H and O–H groups in total. The predicted molar refractivity (Wildman–Crippen MR) is 68.3 cm³/mol. The maximum atomic E-state index is 13.5. The van der Waals surface area contributed by atoms with Gasteiger partial charge in [-0.25, -0.2) is 8.78 Å². The summed E-state index contributed by atoms with van der Waals surface area (Å²) in [5, 5.41) is 0. The lowest BCUT2D eigenvalue weighted by Crippen LogP contribution is -2.05. The Labute approximate surface area is 111 Å². The number of nitrogens with two attached hydrogens (primary N) is 1. The van der Waals surface area contributed by atoms with Crippen LogP contribution in [-0.2, 0) is 0 Å². The summed E-state index contributed by atoms with van der Waals surface area (Å²) in [6.45, 7) is 0. The molecule has 0 atom stereocenters. The van der Waals surface area contributed by atoms with Crippen molar-refractivity contribution >= 4 is 27.4 Å². The Bertz CT molecular complexity index is 628. The number of hydrogen-bond acceptors (Lipinski definition) is 2. The molecule has 92 valence electrons. The van der Waals surface area contributed by atoms with Crippen LogP contribution in [0.1, 0.15) is 15.9 Å². The molecule has 0 aliphatic carbocycles. The average Bonchev–Trinajstić information content (AvgIpc) is 2.35. The second-order valence-corrected chi connectivity index (χ2v) is 4.54. The van der Waals surface area contributed by atoms with Gasteiger partial charge in [0, 0.05) is 15.7 Å². The Kier molecular flexibility index (Phi) is 3.43.